The molecular formula is C12H15BrN2O2. The summed E-state index contributed by atoms with van der Waals surface area (Å²) in [6.45, 7) is 2.48. The summed E-state index contributed by atoms with van der Waals surface area (Å²) in [5.41, 5.74) is 7.08. The van der Waals surface area contributed by atoms with Gasteiger partial charge in [-0.3, -0.25) is 4.79 Å². The fourth-order valence-corrected chi connectivity index (χ4v) is 2.11. The first-order chi connectivity index (χ1) is 8.06. The van der Waals surface area contributed by atoms with Gasteiger partial charge >= 0.3 is 0 Å². The summed E-state index contributed by atoms with van der Waals surface area (Å²) in [6.07, 6.45) is 0.943. The second-order valence-electron chi connectivity index (χ2n) is 4.30. The zero-order chi connectivity index (χ0) is 12.4. The minimum absolute atomic E-state index is 0.00364. The van der Waals surface area contributed by atoms with E-state index in [4.69, 9.17) is 10.5 Å². The van der Waals surface area contributed by atoms with Gasteiger partial charge < -0.3 is 15.8 Å². The van der Waals surface area contributed by atoms with Gasteiger partial charge in [-0.2, -0.15) is 0 Å². The molecule has 0 aromatic heterocycles. The SMILES string of the molecule is CC1CC(C(=O)Nc2ccc(Br)c(N)c2)CO1. The lowest BCUT2D eigenvalue weighted by Crippen LogP contribution is -2.23. The van der Waals surface area contributed by atoms with Crippen LogP contribution in [0.3, 0.4) is 0 Å². The zero-order valence-electron chi connectivity index (χ0n) is 9.57. The van der Waals surface area contributed by atoms with Gasteiger partial charge in [0, 0.05) is 15.8 Å². The first kappa shape index (κ1) is 12.4. The summed E-state index contributed by atoms with van der Waals surface area (Å²) >= 11 is 3.31. The molecule has 1 fully saturated rings. The molecule has 1 aliphatic heterocycles. The van der Waals surface area contributed by atoms with Crippen LogP contribution in [0, 0.1) is 5.92 Å². The maximum Gasteiger partial charge on any atom is 0.229 e. The van der Waals surface area contributed by atoms with E-state index in [0.717, 1.165) is 16.6 Å². The number of anilines is 2. The minimum Gasteiger partial charge on any atom is -0.398 e. The zero-order valence-corrected chi connectivity index (χ0v) is 11.2. The fourth-order valence-electron chi connectivity index (χ4n) is 1.87. The Morgan fingerprint density at radius 1 is 1.59 bits per heavy atom. The van der Waals surface area contributed by atoms with E-state index in [0.29, 0.717) is 12.3 Å². The van der Waals surface area contributed by atoms with Gasteiger partial charge in [-0.25, -0.2) is 0 Å². The normalized spacial score (nSPS) is 23.6. The van der Waals surface area contributed by atoms with Crippen molar-refractivity contribution in [3.63, 3.8) is 0 Å². The molecule has 1 saturated heterocycles. The second-order valence-corrected chi connectivity index (χ2v) is 5.16. The molecule has 0 radical (unpaired) electrons. The van der Waals surface area contributed by atoms with Crippen LogP contribution in [-0.2, 0) is 9.53 Å². The first-order valence-corrected chi connectivity index (χ1v) is 6.33. The number of amides is 1. The van der Waals surface area contributed by atoms with Gasteiger partial charge in [-0.1, -0.05) is 0 Å². The number of hydrogen-bond donors (Lipinski definition) is 2. The van der Waals surface area contributed by atoms with E-state index in [2.05, 4.69) is 21.2 Å². The lowest BCUT2D eigenvalue weighted by molar-refractivity contribution is -0.119. The smallest absolute Gasteiger partial charge is 0.229 e. The number of carbonyl (C=O) groups is 1. The molecule has 0 saturated carbocycles. The third-order valence-corrected chi connectivity index (χ3v) is 3.55. The van der Waals surface area contributed by atoms with Crippen LogP contribution in [0.25, 0.3) is 0 Å². The number of ether oxygens (including phenoxy) is 1. The van der Waals surface area contributed by atoms with Crippen molar-refractivity contribution in [3.8, 4) is 0 Å². The van der Waals surface area contributed by atoms with Crippen molar-refractivity contribution in [3.05, 3.63) is 22.7 Å². The van der Waals surface area contributed by atoms with Crippen molar-refractivity contribution in [1.29, 1.82) is 0 Å². The van der Waals surface area contributed by atoms with E-state index in [1.54, 1.807) is 6.07 Å². The highest BCUT2D eigenvalue weighted by Gasteiger charge is 2.28. The van der Waals surface area contributed by atoms with E-state index >= 15 is 0 Å². The third kappa shape index (κ3) is 2.98. The van der Waals surface area contributed by atoms with Crippen LogP contribution >= 0.6 is 15.9 Å². The van der Waals surface area contributed by atoms with E-state index < -0.39 is 0 Å². The van der Waals surface area contributed by atoms with E-state index in [1.807, 2.05) is 19.1 Å². The van der Waals surface area contributed by atoms with Crippen LogP contribution in [0.2, 0.25) is 0 Å². The molecule has 1 aromatic carbocycles. The summed E-state index contributed by atoms with van der Waals surface area (Å²) in [7, 11) is 0. The molecule has 0 bridgehead atoms. The van der Waals surface area contributed by atoms with Gasteiger partial charge in [0.05, 0.1) is 18.6 Å². The van der Waals surface area contributed by atoms with Crippen molar-refractivity contribution in [2.24, 2.45) is 5.92 Å². The highest BCUT2D eigenvalue weighted by atomic mass is 79.9. The molecule has 5 heteroatoms. The Hall–Kier alpha value is -1.07. The first-order valence-electron chi connectivity index (χ1n) is 5.53. The highest BCUT2D eigenvalue weighted by Crippen LogP contribution is 2.25. The Bertz CT molecular complexity index is 437. The highest BCUT2D eigenvalue weighted by molar-refractivity contribution is 9.10. The Labute approximate surface area is 109 Å². The van der Waals surface area contributed by atoms with Crippen molar-refractivity contribution >= 4 is 33.2 Å². The molecular weight excluding hydrogens is 284 g/mol. The van der Waals surface area contributed by atoms with Crippen LogP contribution in [0.4, 0.5) is 11.4 Å². The van der Waals surface area contributed by atoms with Crippen LogP contribution in [0.5, 0.6) is 0 Å². The standard InChI is InChI=1S/C12H15BrN2O2/c1-7-4-8(6-17-7)12(16)15-9-2-3-10(13)11(14)5-9/h2-3,5,7-8H,4,6,14H2,1H3,(H,15,16). The third-order valence-electron chi connectivity index (χ3n) is 2.83. The number of benzene rings is 1. The molecule has 2 rings (SSSR count). The molecule has 0 aliphatic carbocycles. The molecule has 1 amide bonds. The summed E-state index contributed by atoms with van der Waals surface area (Å²) in [6, 6.07) is 5.37. The number of nitrogen functional groups attached to an aromatic ring is 1. The quantitative estimate of drug-likeness (QED) is 0.824. The monoisotopic (exact) mass is 298 g/mol. The summed E-state index contributed by atoms with van der Waals surface area (Å²) in [5, 5.41) is 2.85. The number of nitrogens with one attached hydrogen (secondary N) is 1. The Kier molecular flexibility index (Phi) is 3.69. The molecule has 2 atom stereocenters. The molecule has 92 valence electrons. The lowest BCUT2D eigenvalue weighted by Gasteiger charge is -2.10. The maximum atomic E-state index is 11.9. The van der Waals surface area contributed by atoms with Crippen LogP contribution in [0.15, 0.2) is 22.7 Å². The summed E-state index contributed by atoms with van der Waals surface area (Å²) < 4.78 is 6.20. The molecule has 2 unspecified atom stereocenters. The predicted molar refractivity (Wildman–Crippen MR) is 70.7 cm³/mol. The molecule has 1 aliphatic rings. The molecule has 0 spiro atoms. The van der Waals surface area contributed by atoms with Crippen molar-refractivity contribution in [1.82, 2.24) is 0 Å². The molecule has 4 nitrogen and oxygen atoms in total. The number of nitrogens with two attached hydrogens (primary N) is 1. The summed E-state index contributed by atoms with van der Waals surface area (Å²) in [5.74, 6) is -0.0639. The predicted octanol–water partition coefficient (Wildman–Crippen LogP) is 2.39. The minimum atomic E-state index is -0.0603. The van der Waals surface area contributed by atoms with E-state index in [1.165, 1.54) is 0 Å². The van der Waals surface area contributed by atoms with Crippen LogP contribution < -0.4 is 11.1 Å². The number of hydrogen-bond acceptors (Lipinski definition) is 3. The largest absolute Gasteiger partial charge is 0.398 e. The topological polar surface area (TPSA) is 64.4 Å². The average molecular weight is 299 g/mol. The van der Waals surface area contributed by atoms with Gasteiger partial charge in [0.25, 0.3) is 0 Å². The Morgan fingerprint density at radius 3 is 2.94 bits per heavy atom. The summed E-state index contributed by atoms with van der Waals surface area (Å²) in [4.78, 5) is 11.9. The van der Waals surface area contributed by atoms with E-state index in [9.17, 15) is 4.79 Å². The number of carbonyl (C=O) groups excluding carboxylic acids is 1. The van der Waals surface area contributed by atoms with Crippen LogP contribution in [0.1, 0.15) is 13.3 Å². The molecule has 1 heterocycles. The average Bonchev–Trinajstić information content (AvgIpc) is 2.70. The lowest BCUT2D eigenvalue weighted by atomic mass is 10.1. The van der Waals surface area contributed by atoms with Gasteiger partial charge in [0.1, 0.15) is 0 Å². The van der Waals surface area contributed by atoms with Crippen molar-refractivity contribution in [2.45, 2.75) is 19.4 Å². The number of rotatable bonds is 2. The molecule has 3 N–H and O–H groups in total. The second kappa shape index (κ2) is 5.06. The van der Waals surface area contributed by atoms with Gasteiger partial charge in [-0.15, -0.1) is 0 Å². The van der Waals surface area contributed by atoms with Gasteiger partial charge in [0.15, 0.2) is 0 Å². The Morgan fingerprint density at radius 2 is 2.35 bits per heavy atom. The van der Waals surface area contributed by atoms with Gasteiger partial charge in [-0.05, 0) is 47.5 Å². The van der Waals surface area contributed by atoms with Crippen LogP contribution in [-0.4, -0.2) is 18.6 Å². The van der Waals surface area contributed by atoms with Crippen molar-refractivity contribution < 1.29 is 9.53 Å². The maximum absolute atomic E-state index is 11.9. The molecule has 17 heavy (non-hydrogen) atoms. The fraction of sp³-hybridized carbons (Fsp3) is 0.417. The Balaban J connectivity index is 2.00. The number of halogens is 1. The molecule has 1 aromatic rings. The van der Waals surface area contributed by atoms with E-state index in [-0.39, 0.29) is 17.9 Å². The van der Waals surface area contributed by atoms with Gasteiger partial charge in [0.2, 0.25) is 5.91 Å². The van der Waals surface area contributed by atoms with Crippen molar-refractivity contribution in [2.75, 3.05) is 17.7 Å².